The molecule has 0 aromatic rings. The molecule has 0 heterocycles. The highest BCUT2D eigenvalue weighted by molar-refractivity contribution is 5.89. The van der Waals surface area contributed by atoms with Gasteiger partial charge in [-0.05, 0) is 20.8 Å². The van der Waals surface area contributed by atoms with E-state index < -0.39 is 23.3 Å². The summed E-state index contributed by atoms with van der Waals surface area (Å²) >= 11 is 0. The number of likely N-dealkylation sites (N-methyl/N-ethyl adjacent to an activating group) is 1. The number of carbonyl (C=O) groups excluding carboxylic acids is 2. The molecule has 1 unspecified atom stereocenters. The molecule has 0 fully saturated rings. The average molecular weight is 244 g/mol. The van der Waals surface area contributed by atoms with Crippen molar-refractivity contribution in [2.45, 2.75) is 33.2 Å². The largest absolute Gasteiger partial charge is 0.481 e. The van der Waals surface area contributed by atoms with E-state index in [1.165, 1.54) is 18.7 Å². The number of carboxylic acids is 1. The Morgan fingerprint density at radius 3 is 2.12 bits per heavy atom. The summed E-state index contributed by atoms with van der Waals surface area (Å²) < 4.78 is 0. The van der Waals surface area contributed by atoms with Gasteiger partial charge in [0.2, 0.25) is 11.8 Å². The van der Waals surface area contributed by atoms with E-state index in [-0.39, 0.29) is 12.3 Å². The summed E-state index contributed by atoms with van der Waals surface area (Å²) in [4.78, 5) is 35.2. The third kappa shape index (κ3) is 4.84. The number of aliphatic carboxylic acids is 1. The van der Waals surface area contributed by atoms with Crippen LogP contribution in [0.2, 0.25) is 0 Å². The molecule has 0 radical (unpaired) electrons. The Balaban J connectivity index is 4.38. The average Bonchev–Trinajstić information content (AvgIpc) is 2.14. The minimum atomic E-state index is -1.13. The summed E-state index contributed by atoms with van der Waals surface area (Å²) in [5.74, 6) is -1.72. The number of hydrogen-bond donors (Lipinski definition) is 2. The van der Waals surface area contributed by atoms with Gasteiger partial charge >= 0.3 is 5.97 Å². The third-order valence-corrected chi connectivity index (χ3v) is 2.37. The van der Waals surface area contributed by atoms with E-state index in [4.69, 9.17) is 5.11 Å². The second kappa shape index (κ2) is 5.65. The molecule has 0 saturated heterocycles. The zero-order valence-electron chi connectivity index (χ0n) is 10.9. The van der Waals surface area contributed by atoms with Gasteiger partial charge < -0.3 is 15.3 Å². The van der Waals surface area contributed by atoms with E-state index in [9.17, 15) is 14.4 Å². The molecular formula is C11H20N2O4. The summed E-state index contributed by atoms with van der Waals surface area (Å²) in [5, 5.41) is 11.3. The normalized spacial score (nSPS) is 12.8. The van der Waals surface area contributed by atoms with Crippen molar-refractivity contribution in [3.63, 3.8) is 0 Å². The van der Waals surface area contributed by atoms with Crippen molar-refractivity contribution in [2.24, 2.45) is 5.41 Å². The fourth-order valence-electron chi connectivity index (χ4n) is 1.22. The molecule has 17 heavy (non-hydrogen) atoms. The first-order valence-electron chi connectivity index (χ1n) is 5.32. The van der Waals surface area contributed by atoms with Crippen LogP contribution in [0.15, 0.2) is 0 Å². The minimum absolute atomic E-state index is 0.159. The molecule has 6 heteroatoms. The Bertz CT molecular complexity index is 323. The first kappa shape index (κ1) is 15.4. The summed E-state index contributed by atoms with van der Waals surface area (Å²) in [7, 11) is 3.18. The van der Waals surface area contributed by atoms with Crippen molar-refractivity contribution in [2.75, 3.05) is 14.1 Å². The molecule has 2 amide bonds. The summed E-state index contributed by atoms with van der Waals surface area (Å²) in [6, 6.07) is -0.651. The molecule has 0 aliphatic carbocycles. The molecule has 6 nitrogen and oxygen atoms in total. The molecule has 0 spiro atoms. The SMILES string of the molecule is CC(NC(=O)CC(C)(C)C(=O)O)C(=O)N(C)C. The van der Waals surface area contributed by atoms with Crippen LogP contribution < -0.4 is 5.32 Å². The van der Waals surface area contributed by atoms with Crippen LogP contribution in [-0.4, -0.2) is 47.9 Å². The Morgan fingerprint density at radius 1 is 1.29 bits per heavy atom. The Kier molecular flexibility index (Phi) is 5.12. The van der Waals surface area contributed by atoms with Crippen LogP contribution in [0.3, 0.4) is 0 Å². The number of hydrogen-bond acceptors (Lipinski definition) is 3. The second-order valence-corrected chi connectivity index (χ2v) is 4.89. The fraction of sp³-hybridized carbons (Fsp3) is 0.727. The first-order chi connectivity index (χ1) is 7.58. The number of carboxylic acid groups (broad SMARTS) is 1. The molecule has 0 saturated carbocycles. The smallest absolute Gasteiger partial charge is 0.309 e. The maximum absolute atomic E-state index is 11.6. The highest BCUT2D eigenvalue weighted by Gasteiger charge is 2.31. The van der Waals surface area contributed by atoms with Gasteiger partial charge in [0.1, 0.15) is 6.04 Å². The van der Waals surface area contributed by atoms with Crippen molar-refractivity contribution >= 4 is 17.8 Å². The second-order valence-electron chi connectivity index (χ2n) is 4.89. The number of nitrogens with zero attached hydrogens (tertiary/aromatic N) is 1. The summed E-state index contributed by atoms with van der Waals surface area (Å²) in [6.07, 6.45) is -0.159. The van der Waals surface area contributed by atoms with Crippen molar-refractivity contribution in [3.05, 3.63) is 0 Å². The number of nitrogens with one attached hydrogen (secondary N) is 1. The van der Waals surface area contributed by atoms with Gasteiger partial charge in [-0.15, -0.1) is 0 Å². The number of carbonyl (C=O) groups is 3. The van der Waals surface area contributed by atoms with Crippen LogP contribution >= 0.6 is 0 Å². The van der Waals surface area contributed by atoms with Gasteiger partial charge in [0.05, 0.1) is 5.41 Å². The lowest BCUT2D eigenvalue weighted by atomic mass is 9.89. The van der Waals surface area contributed by atoms with E-state index >= 15 is 0 Å². The van der Waals surface area contributed by atoms with Gasteiger partial charge in [0, 0.05) is 20.5 Å². The molecule has 0 aromatic heterocycles. The zero-order valence-corrected chi connectivity index (χ0v) is 10.9. The summed E-state index contributed by atoms with van der Waals surface area (Å²) in [5.41, 5.74) is -1.13. The fourth-order valence-corrected chi connectivity index (χ4v) is 1.22. The molecule has 0 rings (SSSR count). The summed E-state index contributed by atoms with van der Waals surface area (Å²) in [6.45, 7) is 4.49. The van der Waals surface area contributed by atoms with E-state index in [1.807, 2.05) is 0 Å². The Hall–Kier alpha value is -1.59. The van der Waals surface area contributed by atoms with Crippen molar-refractivity contribution < 1.29 is 19.5 Å². The molecule has 98 valence electrons. The van der Waals surface area contributed by atoms with Crippen LogP contribution in [0, 0.1) is 5.41 Å². The van der Waals surface area contributed by atoms with Crippen molar-refractivity contribution in [1.82, 2.24) is 10.2 Å². The lowest BCUT2D eigenvalue weighted by Gasteiger charge is -2.21. The molecular weight excluding hydrogens is 224 g/mol. The molecule has 0 aliphatic rings. The van der Waals surface area contributed by atoms with Gasteiger partial charge in [-0.3, -0.25) is 14.4 Å². The highest BCUT2D eigenvalue weighted by Crippen LogP contribution is 2.20. The first-order valence-corrected chi connectivity index (χ1v) is 5.32. The van der Waals surface area contributed by atoms with Crippen LogP contribution in [0.5, 0.6) is 0 Å². The van der Waals surface area contributed by atoms with Crippen LogP contribution in [0.1, 0.15) is 27.2 Å². The molecule has 1 atom stereocenters. The predicted octanol–water partition coefficient (Wildman–Crippen LogP) is 0.0802. The van der Waals surface area contributed by atoms with Gasteiger partial charge in [0.15, 0.2) is 0 Å². The topological polar surface area (TPSA) is 86.7 Å². The van der Waals surface area contributed by atoms with Crippen LogP contribution in [-0.2, 0) is 14.4 Å². The molecule has 2 N–H and O–H groups in total. The van der Waals surface area contributed by atoms with Crippen LogP contribution in [0.4, 0.5) is 0 Å². The van der Waals surface area contributed by atoms with Gasteiger partial charge in [-0.2, -0.15) is 0 Å². The molecule has 0 bridgehead atoms. The van der Waals surface area contributed by atoms with Crippen LogP contribution in [0.25, 0.3) is 0 Å². The lowest BCUT2D eigenvalue weighted by molar-refractivity contribution is -0.149. The highest BCUT2D eigenvalue weighted by atomic mass is 16.4. The number of amides is 2. The van der Waals surface area contributed by atoms with Gasteiger partial charge in [-0.1, -0.05) is 0 Å². The standard InChI is InChI=1S/C11H20N2O4/c1-7(9(15)13(4)5)12-8(14)6-11(2,3)10(16)17/h7H,6H2,1-5H3,(H,12,14)(H,16,17). The molecule has 0 aliphatic heterocycles. The maximum atomic E-state index is 11.6. The zero-order chi connectivity index (χ0) is 13.8. The Morgan fingerprint density at radius 2 is 1.76 bits per heavy atom. The van der Waals surface area contributed by atoms with E-state index in [0.29, 0.717) is 0 Å². The maximum Gasteiger partial charge on any atom is 0.309 e. The third-order valence-electron chi connectivity index (χ3n) is 2.37. The van der Waals surface area contributed by atoms with Gasteiger partial charge in [-0.25, -0.2) is 0 Å². The van der Waals surface area contributed by atoms with E-state index in [1.54, 1.807) is 21.0 Å². The quantitative estimate of drug-likeness (QED) is 0.717. The van der Waals surface area contributed by atoms with E-state index in [0.717, 1.165) is 0 Å². The Labute approximate surface area is 101 Å². The predicted molar refractivity (Wildman–Crippen MR) is 62.3 cm³/mol. The monoisotopic (exact) mass is 244 g/mol. The molecule has 0 aromatic carbocycles. The van der Waals surface area contributed by atoms with E-state index in [2.05, 4.69) is 5.32 Å². The van der Waals surface area contributed by atoms with Crippen molar-refractivity contribution in [3.8, 4) is 0 Å². The lowest BCUT2D eigenvalue weighted by Crippen LogP contribution is -2.45. The van der Waals surface area contributed by atoms with Gasteiger partial charge in [0.25, 0.3) is 0 Å². The minimum Gasteiger partial charge on any atom is -0.481 e. The number of rotatable bonds is 5. The van der Waals surface area contributed by atoms with Crippen molar-refractivity contribution in [1.29, 1.82) is 0 Å².